The number of rotatable bonds is 6. The van der Waals surface area contributed by atoms with Gasteiger partial charge in [0, 0.05) is 23.2 Å². The molecule has 0 atom stereocenters. The van der Waals surface area contributed by atoms with E-state index in [2.05, 4.69) is 12.2 Å². The first-order valence-electron chi connectivity index (χ1n) is 6.73. The first-order chi connectivity index (χ1) is 10.1. The summed E-state index contributed by atoms with van der Waals surface area (Å²) >= 11 is 12.0. The third-order valence-corrected chi connectivity index (χ3v) is 3.46. The monoisotopic (exact) mass is 327 g/mol. The van der Waals surface area contributed by atoms with Crippen LogP contribution in [0.25, 0.3) is 0 Å². The van der Waals surface area contributed by atoms with Crippen LogP contribution in [0.4, 0.5) is 4.39 Å². The molecule has 0 bridgehead atoms. The smallest absolute Gasteiger partial charge is 0.147 e. The van der Waals surface area contributed by atoms with E-state index < -0.39 is 0 Å². The number of halogens is 3. The van der Waals surface area contributed by atoms with Crippen molar-refractivity contribution in [3.63, 3.8) is 0 Å². The van der Waals surface area contributed by atoms with Gasteiger partial charge in [0.25, 0.3) is 0 Å². The Balaban J connectivity index is 2.26. The average molecular weight is 328 g/mol. The lowest BCUT2D eigenvalue weighted by molar-refractivity contribution is 0.462. The summed E-state index contributed by atoms with van der Waals surface area (Å²) in [5, 5.41) is 4.10. The van der Waals surface area contributed by atoms with E-state index in [1.807, 2.05) is 0 Å². The molecule has 0 aliphatic carbocycles. The summed E-state index contributed by atoms with van der Waals surface area (Å²) in [7, 11) is 0. The minimum Gasteiger partial charge on any atom is -0.455 e. The van der Waals surface area contributed by atoms with Crippen LogP contribution in [0.1, 0.15) is 18.9 Å². The van der Waals surface area contributed by atoms with E-state index in [1.165, 1.54) is 6.07 Å². The van der Waals surface area contributed by atoms with Gasteiger partial charge in [-0.15, -0.1) is 0 Å². The lowest BCUT2D eigenvalue weighted by Gasteiger charge is -2.13. The Labute approximate surface area is 133 Å². The van der Waals surface area contributed by atoms with Crippen molar-refractivity contribution in [2.75, 3.05) is 6.54 Å². The fourth-order valence-corrected chi connectivity index (χ4v) is 2.19. The molecule has 0 aliphatic rings. The van der Waals surface area contributed by atoms with Gasteiger partial charge in [-0.3, -0.25) is 0 Å². The Bertz CT molecular complexity index is 619. The lowest BCUT2D eigenvalue weighted by atomic mass is 10.2. The quantitative estimate of drug-likeness (QED) is 0.715. The zero-order chi connectivity index (χ0) is 15.2. The summed E-state index contributed by atoms with van der Waals surface area (Å²) in [5.74, 6) is 0.531. The van der Waals surface area contributed by atoms with E-state index in [4.69, 9.17) is 27.9 Å². The van der Waals surface area contributed by atoms with Gasteiger partial charge in [0.1, 0.15) is 17.3 Å². The Kier molecular flexibility index (Phi) is 5.85. The molecule has 21 heavy (non-hydrogen) atoms. The van der Waals surface area contributed by atoms with Crippen LogP contribution >= 0.6 is 23.2 Å². The normalized spacial score (nSPS) is 10.7. The first kappa shape index (κ1) is 16.1. The molecule has 112 valence electrons. The number of benzene rings is 2. The highest BCUT2D eigenvalue weighted by Crippen LogP contribution is 2.34. The maximum absolute atomic E-state index is 14.0. The molecule has 0 saturated carbocycles. The highest BCUT2D eigenvalue weighted by molar-refractivity contribution is 6.34. The molecule has 0 heterocycles. The van der Waals surface area contributed by atoms with Gasteiger partial charge in [-0.2, -0.15) is 0 Å². The maximum atomic E-state index is 14.0. The molecule has 0 fully saturated rings. The molecular weight excluding hydrogens is 312 g/mol. The second-order valence-electron chi connectivity index (χ2n) is 4.57. The van der Waals surface area contributed by atoms with Crippen LogP contribution in [-0.4, -0.2) is 6.54 Å². The standard InChI is InChI=1S/C16H16Cl2FNO/c1-2-8-20-10-12-14(19)4-3-5-15(12)21-16-9-11(17)6-7-13(16)18/h3-7,9,20H,2,8,10H2,1H3. The van der Waals surface area contributed by atoms with E-state index in [0.717, 1.165) is 13.0 Å². The summed E-state index contributed by atoms with van der Waals surface area (Å²) in [6, 6.07) is 9.66. The topological polar surface area (TPSA) is 21.3 Å². The van der Waals surface area contributed by atoms with Crippen LogP contribution in [0.2, 0.25) is 10.0 Å². The van der Waals surface area contributed by atoms with Crippen molar-refractivity contribution in [1.82, 2.24) is 5.32 Å². The van der Waals surface area contributed by atoms with Crippen molar-refractivity contribution in [1.29, 1.82) is 0 Å². The molecule has 2 aromatic carbocycles. The molecule has 5 heteroatoms. The number of nitrogens with one attached hydrogen (secondary N) is 1. The highest BCUT2D eigenvalue weighted by Gasteiger charge is 2.12. The van der Waals surface area contributed by atoms with Gasteiger partial charge in [0.2, 0.25) is 0 Å². The van der Waals surface area contributed by atoms with Crippen molar-refractivity contribution in [3.8, 4) is 11.5 Å². The van der Waals surface area contributed by atoms with Crippen molar-refractivity contribution in [3.05, 3.63) is 57.8 Å². The zero-order valence-corrected chi connectivity index (χ0v) is 13.1. The molecule has 0 aliphatic heterocycles. The van der Waals surface area contributed by atoms with Crippen molar-refractivity contribution >= 4 is 23.2 Å². The summed E-state index contributed by atoms with van der Waals surface area (Å²) < 4.78 is 19.7. The molecule has 1 N–H and O–H groups in total. The summed E-state index contributed by atoms with van der Waals surface area (Å²) in [6.45, 7) is 3.26. The van der Waals surface area contributed by atoms with Crippen LogP contribution in [0.5, 0.6) is 11.5 Å². The van der Waals surface area contributed by atoms with E-state index >= 15 is 0 Å². The van der Waals surface area contributed by atoms with E-state index in [1.54, 1.807) is 30.3 Å². The van der Waals surface area contributed by atoms with Gasteiger partial charge in [0.05, 0.1) is 5.02 Å². The Hall–Kier alpha value is -1.29. The van der Waals surface area contributed by atoms with Crippen LogP contribution in [0.3, 0.4) is 0 Å². The maximum Gasteiger partial charge on any atom is 0.147 e. The van der Waals surface area contributed by atoms with Gasteiger partial charge in [0.15, 0.2) is 0 Å². The minimum absolute atomic E-state index is 0.311. The molecule has 0 spiro atoms. The molecular formula is C16H16Cl2FNO. The fraction of sp³-hybridized carbons (Fsp3) is 0.250. The zero-order valence-electron chi connectivity index (χ0n) is 11.6. The van der Waals surface area contributed by atoms with Crippen molar-refractivity contribution < 1.29 is 9.13 Å². The SMILES string of the molecule is CCCNCc1c(F)cccc1Oc1cc(Cl)ccc1Cl. The van der Waals surface area contributed by atoms with Crippen LogP contribution in [0, 0.1) is 5.82 Å². The van der Waals surface area contributed by atoms with Gasteiger partial charge < -0.3 is 10.1 Å². The predicted octanol–water partition coefficient (Wildman–Crippen LogP) is 5.42. The predicted molar refractivity (Wildman–Crippen MR) is 84.9 cm³/mol. The first-order valence-corrected chi connectivity index (χ1v) is 7.48. The van der Waals surface area contributed by atoms with Crippen molar-refractivity contribution in [2.45, 2.75) is 19.9 Å². The third-order valence-electron chi connectivity index (χ3n) is 2.92. The second kappa shape index (κ2) is 7.64. The molecule has 0 unspecified atom stereocenters. The van der Waals surface area contributed by atoms with E-state index in [0.29, 0.717) is 33.7 Å². The van der Waals surface area contributed by atoms with Gasteiger partial charge in [-0.05, 0) is 37.2 Å². The van der Waals surface area contributed by atoms with Gasteiger partial charge in [-0.1, -0.05) is 36.2 Å². The minimum atomic E-state index is -0.311. The van der Waals surface area contributed by atoms with E-state index in [-0.39, 0.29) is 5.82 Å². The summed E-state index contributed by atoms with van der Waals surface area (Å²) in [4.78, 5) is 0. The Morgan fingerprint density at radius 3 is 2.71 bits per heavy atom. The molecule has 0 aromatic heterocycles. The highest BCUT2D eigenvalue weighted by atomic mass is 35.5. The second-order valence-corrected chi connectivity index (χ2v) is 5.41. The lowest BCUT2D eigenvalue weighted by Crippen LogP contribution is -2.15. The Morgan fingerprint density at radius 2 is 1.95 bits per heavy atom. The largest absolute Gasteiger partial charge is 0.455 e. The van der Waals surface area contributed by atoms with Crippen LogP contribution in [-0.2, 0) is 6.54 Å². The van der Waals surface area contributed by atoms with Crippen molar-refractivity contribution in [2.24, 2.45) is 0 Å². The molecule has 0 amide bonds. The average Bonchev–Trinajstić information content (AvgIpc) is 2.46. The molecule has 2 aromatic rings. The van der Waals surface area contributed by atoms with E-state index in [9.17, 15) is 4.39 Å². The summed E-state index contributed by atoms with van der Waals surface area (Å²) in [6.07, 6.45) is 0.977. The summed E-state index contributed by atoms with van der Waals surface area (Å²) in [5.41, 5.74) is 0.474. The number of hydrogen-bond acceptors (Lipinski definition) is 2. The Morgan fingerprint density at radius 1 is 1.14 bits per heavy atom. The fourth-order valence-electron chi connectivity index (χ4n) is 1.87. The van der Waals surface area contributed by atoms with Crippen LogP contribution in [0.15, 0.2) is 36.4 Å². The third kappa shape index (κ3) is 4.34. The number of ether oxygens (including phenoxy) is 1. The van der Waals surface area contributed by atoms with Gasteiger partial charge in [-0.25, -0.2) is 4.39 Å². The van der Waals surface area contributed by atoms with Crippen LogP contribution < -0.4 is 10.1 Å². The molecule has 2 rings (SSSR count). The number of hydrogen-bond donors (Lipinski definition) is 1. The van der Waals surface area contributed by atoms with Gasteiger partial charge >= 0.3 is 0 Å². The molecule has 2 nitrogen and oxygen atoms in total. The molecule has 0 saturated heterocycles. The molecule has 0 radical (unpaired) electrons.